The molecule has 0 amide bonds. The Hall–Kier alpha value is -0.660. The van der Waals surface area contributed by atoms with Gasteiger partial charge in [-0.2, -0.15) is 0 Å². The Morgan fingerprint density at radius 3 is 2.69 bits per heavy atom. The second kappa shape index (κ2) is 4.54. The third-order valence-electron chi connectivity index (χ3n) is 1.68. The first kappa shape index (κ1) is 10.4. The number of rotatable bonds is 2. The highest BCUT2D eigenvalue weighted by atomic mass is 35.5. The zero-order valence-electron chi connectivity index (χ0n) is 7.22. The Bertz CT molecular complexity index is 332. The van der Waals surface area contributed by atoms with Crippen LogP contribution in [0.2, 0.25) is 10.0 Å². The third-order valence-corrected chi connectivity index (χ3v) is 2.19. The van der Waals surface area contributed by atoms with Gasteiger partial charge in [0.2, 0.25) is 0 Å². The van der Waals surface area contributed by atoms with E-state index in [4.69, 9.17) is 23.2 Å². The second-order valence-corrected chi connectivity index (χ2v) is 3.51. The first-order valence-corrected chi connectivity index (χ1v) is 4.68. The Balaban J connectivity index is 3.05. The van der Waals surface area contributed by atoms with Crippen molar-refractivity contribution in [3.63, 3.8) is 0 Å². The molecular weight excluding hydrogens is 207 g/mol. The minimum absolute atomic E-state index is 0.115. The molecule has 0 atom stereocenters. The maximum absolute atomic E-state index is 9.52. The van der Waals surface area contributed by atoms with Gasteiger partial charge in [0.25, 0.3) is 0 Å². The molecule has 1 aromatic rings. The summed E-state index contributed by atoms with van der Waals surface area (Å²) in [5.41, 5.74) is 0.746. The van der Waals surface area contributed by atoms with Crippen LogP contribution in [0.4, 0.5) is 0 Å². The lowest BCUT2D eigenvalue weighted by Gasteiger charge is -2.04. The molecule has 0 saturated carbocycles. The molecule has 0 saturated heterocycles. The van der Waals surface area contributed by atoms with Crippen LogP contribution in [-0.2, 0) is 6.42 Å². The fourth-order valence-electron chi connectivity index (χ4n) is 1.02. The van der Waals surface area contributed by atoms with Crippen molar-refractivity contribution in [2.75, 3.05) is 0 Å². The number of halogens is 2. The smallest absolute Gasteiger partial charge is 0.137 e. The summed E-state index contributed by atoms with van der Waals surface area (Å²) >= 11 is 11.5. The summed E-state index contributed by atoms with van der Waals surface area (Å²) in [7, 11) is 0. The summed E-state index contributed by atoms with van der Waals surface area (Å²) in [5, 5.41) is 10.4. The molecular formula is C10H10Cl2O. The lowest BCUT2D eigenvalue weighted by Crippen LogP contribution is -1.83. The van der Waals surface area contributed by atoms with Crippen molar-refractivity contribution in [3.05, 3.63) is 39.9 Å². The van der Waals surface area contributed by atoms with Crippen LogP contribution in [0.15, 0.2) is 24.3 Å². The molecule has 0 radical (unpaired) electrons. The van der Waals surface area contributed by atoms with Crippen molar-refractivity contribution < 1.29 is 5.11 Å². The predicted octanol–water partition coefficient (Wildman–Crippen LogP) is 3.82. The number of benzene rings is 1. The van der Waals surface area contributed by atoms with E-state index < -0.39 is 0 Å². The van der Waals surface area contributed by atoms with E-state index in [1.165, 1.54) is 6.07 Å². The number of hydrogen-bond acceptors (Lipinski definition) is 1. The average molecular weight is 217 g/mol. The van der Waals surface area contributed by atoms with Crippen molar-refractivity contribution in [3.8, 4) is 5.75 Å². The summed E-state index contributed by atoms with van der Waals surface area (Å²) in [6.07, 6.45) is 4.48. The highest BCUT2D eigenvalue weighted by Gasteiger charge is 2.05. The van der Waals surface area contributed by atoms with Crippen LogP contribution < -0.4 is 0 Å². The maximum atomic E-state index is 9.52. The van der Waals surface area contributed by atoms with E-state index in [1.54, 1.807) is 6.07 Å². The minimum Gasteiger partial charge on any atom is -0.506 e. The molecule has 0 aliphatic carbocycles. The molecule has 13 heavy (non-hydrogen) atoms. The van der Waals surface area contributed by atoms with Gasteiger partial charge >= 0.3 is 0 Å². The van der Waals surface area contributed by atoms with Gasteiger partial charge in [0.15, 0.2) is 0 Å². The van der Waals surface area contributed by atoms with Crippen LogP contribution in [0.5, 0.6) is 5.75 Å². The van der Waals surface area contributed by atoms with Gasteiger partial charge in [-0.25, -0.2) is 0 Å². The Morgan fingerprint density at radius 1 is 1.38 bits per heavy atom. The predicted molar refractivity (Wildman–Crippen MR) is 56.6 cm³/mol. The van der Waals surface area contributed by atoms with E-state index in [9.17, 15) is 5.11 Å². The molecule has 1 aromatic carbocycles. The molecule has 70 valence electrons. The summed E-state index contributed by atoms with van der Waals surface area (Å²) in [5.74, 6) is 0.115. The van der Waals surface area contributed by atoms with E-state index in [0.29, 0.717) is 16.5 Å². The second-order valence-electron chi connectivity index (χ2n) is 2.67. The number of hydrogen-bond donors (Lipinski definition) is 1. The van der Waals surface area contributed by atoms with Crippen LogP contribution in [-0.4, -0.2) is 5.11 Å². The standard InChI is InChI=1S/C10H10Cl2O/c1-2-3-4-7-5-8(11)6-9(12)10(7)13/h2-3,5-6,13H,4H2,1H3/b3-2-. The number of phenols is 1. The number of aromatic hydroxyl groups is 1. The molecule has 0 spiro atoms. The number of phenolic OH excluding ortho intramolecular Hbond substituents is 1. The quantitative estimate of drug-likeness (QED) is 0.746. The van der Waals surface area contributed by atoms with Gasteiger partial charge in [0.1, 0.15) is 5.75 Å². The highest BCUT2D eigenvalue weighted by Crippen LogP contribution is 2.31. The Kier molecular flexibility index (Phi) is 3.64. The first-order chi connectivity index (χ1) is 6.15. The number of allylic oxidation sites excluding steroid dienone is 2. The highest BCUT2D eigenvalue weighted by molar-refractivity contribution is 6.35. The summed E-state index contributed by atoms with van der Waals surface area (Å²) in [6, 6.07) is 3.24. The van der Waals surface area contributed by atoms with E-state index in [0.717, 1.165) is 5.56 Å². The van der Waals surface area contributed by atoms with Crippen molar-refractivity contribution >= 4 is 23.2 Å². The van der Waals surface area contributed by atoms with Gasteiger partial charge in [-0.1, -0.05) is 35.4 Å². The minimum atomic E-state index is 0.115. The maximum Gasteiger partial charge on any atom is 0.137 e. The Labute approximate surface area is 87.6 Å². The van der Waals surface area contributed by atoms with Crippen molar-refractivity contribution in [1.29, 1.82) is 0 Å². The van der Waals surface area contributed by atoms with Crippen LogP contribution in [0.1, 0.15) is 12.5 Å². The zero-order valence-corrected chi connectivity index (χ0v) is 8.73. The van der Waals surface area contributed by atoms with Gasteiger partial charge in [0, 0.05) is 10.6 Å². The molecule has 0 aliphatic rings. The van der Waals surface area contributed by atoms with Crippen LogP contribution in [0.3, 0.4) is 0 Å². The Morgan fingerprint density at radius 2 is 2.08 bits per heavy atom. The van der Waals surface area contributed by atoms with Gasteiger partial charge in [0.05, 0.1) is 5.02 Å². The SMILES string of the molecule is C/C=C\Cc1cc(Cl)cc(Cl)c1O. The molecule has 0 bridgehead atoms. The van der Waals surface area contributed by atoms with E-state index in [2.05, 4.69) is 0 Å². The van der Waals surface area contributed by atoms with Crippen LogP contribution in [0.25, 0.3) is 0 Å². The molecule has 1 nitrogen and oxygen atoms in total. The summed E-state index contributed by atoms with van der Waals surface area (Å²) in [4.78, 5) is 0. The molecule has 0 heterocycles. The monoisotopic (exact) mass is 216 g/mol. The molecule has 1 rings (SSSR count). The fourth-order valence-corrected chi connectivity index (χ4v) is 1.56. The molecule has 0 unspecified atom stereocenters. The summed E-state index contributed by atoms with van der Waals surface area (Å²) in [6.45, 7) is 1.92. The fraction of sp³-hybridized carbons (Fsp3) is 0.200. The molecule has 0 fully saturated rings. The van der Waals surface area contributed by atoms with E-state index >= 15 is 0 Å². The van der Waals surface area contributed by atoms with Crippen molar-refractivity contribution in [1.82, 2.24) is 0 Å². The topological polar surface area (TPSA) is 20.2 Å². The zero-order chi connectivity index (χ0) is 9.84. The van der Waals surface area contributed by atoms with Crippen LogP contribution >= 0.6 is 23.2 Å². The third kappa shape index (κ3) is 2.64. The lowest BCUT2D eigenvalue weighted by atomic mass is 10.1. The van der Waals surface area contributed by atoms with Crippen molar-refractivity contribution in [2.24, 2.45) is 0 Å². The van der Waals surface area contributed by atoms with Crippen LogP contribution in [0, 0.1) is 0 Å². The summed E-state index contributed by atoms with van der Waals surface area (Å²) < 4.78 is 0. The lowest BCUT2D eigenvalue weighted by molar-refractivity contribution is 0.470. The average Bonchev–Trinajstić information content (AvgIpc) is 2.09. The van der Waals surface area contributed by atoms with Gasteiger partial charge in [-0.05, 0) is 25.5 Å². The van der Waals surface area contributed by atoms with E-state index in [-0.39, 0.29) is 5.75 Å². The van der Waals surface area contributed by atoms with Gasteiger partial charge in [-0.15, -0.1) is 0 Å². The molecule has 0 aromatic heterocycles. The largest absolute Gasteiger partial charge is 0.506 e. The molecule has 0 aliphatic heterocycles. The van der Waals surface area contributed by atoms with Gasteiger partial charge in [-0.3, -0.25) is 0 Å². The normalized spacial score (nSPS) is 11.0. The first-order valence-electron chi connectivity index (χ1n) is 3.93. The van der Waals surface area contributed by atoms with Crippen molar-refractivity contribution in [2.45, 2.75) is 13.3 Å². The molecule has 1 N–H and O–H groups in total. The van der Waals surface area contributed by atoms with E-state index in [1.807, 2.05) is 19.1 Å². The molecule has 3 heteroatoms. The van der Waals surface area contributed by atoms with Gasteiger partial charge < -0.3 is 5.11 Å².